The molecule has 0 saturated carbocycles. The number of pyridine rings is 1. The lowest BCUT2D eigenvalue weighted by molar-refractivity contribution is -0.138. The Morgan fingerprint density at radius 3 is 2.64 bits per heavy atom. The highest BCUT2D eigenvalue weighted by Gasteiger charge is 2.33. The number of benzene rings is 1. The molecule has 3 aromatic rings. The van der Waals surface area contributed by atoms with Crippen molar-refractivity contribution in [2.75, 3.05) is 13.1 Å². The van der Waals surface area contributed by atoms with Gasteiger partial charge in [-0.3, -0.25) is 9.98 Å². The van der Waals surface area contributed by atoms with E-state index in [1.807, 2.05) is 30.8 Å². The van der Waals surface area contributed by atoms with Crippen LogP contribution in [0.5, 0.6) is 0 Å². The molecule has 2 aromatic heterocycles. The first-order chi connectivity index (χ1) is 15.2. The van der Waals surface area contributed by atoms with E-state index in [-0.39, 0.29) is 18.0 Å². The van der Waals surface area contributed by atoms with Crippen molar-refractivity contribution in [3.63, 3.8) is 0 Å². The van der Waals surface area contributed by atoms with E-state index in [1.165, 1.54) is 18.6 Å². The zero-order valence-electron chi connectivity index (χ0n) is 19.0. The zero-order chi connectivity index (χ0) is 23.0. The van der Waals surface area contributed by atoms with Gasteiger partial charge in [0.15, 0.2) is 5.49 Å². The molecule has 1 aliphatic rings. The molecule has 4 rings (SSSR count). The average molecular weight is 478 g/mol. The Balaban J connectivity index is 0.00000306. The summed E-state index contributed by atoms with van der Waals surface area (Å²) in [6, 6.07) is 5.74. The third kappa shape index (κ3) is 4.96. The number of fused-ring (bicyclic) bond motifs is 1. The maximum atomic E-state index is 13.4. The molecule has 9 heteroatoms. The fourth-order valence-corrected chi connectivity index (χ4v) is 4.15. The lowest BCUT2D eigenvalue weighted by Gasteiger charge is -2.17. The zero-order valence-corrected chi connectivity index (χ0v) is 19.8. The number of nitrogens with one attached hydrogen (secondary N) is 1. The second-order valence-corrected chi connectivity index (χ2v) is 8.13. The van der Waals surface area contributed by atoms with Crippen LogP contribution >= 0.6 is 12.4 Å². The van der Waals surface area contributed by atoms with Gasteiger partial charge in [0.2, 0.25) is 0 Å². The molecular weight excluding hydrogens is 451 g/mol. The van der Waals surface area contributed by atoms with Crippen LogP contribution in [0.3, 0.4) is 0 Å². The molecule has 0 aliphatic carbocycles. The highest BCUT2D eigenvalue weighted by atomic mass is 35.5. The predicted molar refractivity (Wildman–Crippen MR) is 126 cm³/mol. The van der Waals surface area contributed by atoms with Gasteiger partial charge in [0.25, 0.3) is 0 Å². The summed E-state index contributed by atoms with van der Waals surface area (Å²) in [5.41, 5.74) is 3.54. The Kier molecular flexibility index (Phi) is 7.29. The number of hydrogen-bond acceptors (Lipinski definition) is 4. The van der Waals surface area contributed by atoms with Gasteiger partial charge in [-0.25, -0.2) is 4.98 Å². The van der Waals surface area contributed by atoms with Crippen LogP contribution in [-0.2, 0) is 13.2 Å². The predicted octanol–water partition coefficient (Wildman–Crippen LogP) is 5.06. The molecule has 0 fully saturated rings. The Hall–Kier alpha value is -2.71. The largest absolute Gasteiger partial charge is 0.416 e. The standard InChI is InChI=1S/C24H26F3N5.ClH/c1-14-18(6-5-7-20(14)24(25,26)27)15(2)30-23-19-12-21(17-8-10-28-11-9-17)29-13-22(19)32(4)16(3)31-23;/h5-8,12-13,15,28H,9-11H2,1-4H3;1H/b30-23-;/t15-;/m1./s1. The van der Waals surface area contributed by atoms with Crippen molar-refractivity contribution < 1.29 is 13.2 Å². The molecule has 0 spiro atoms. The molecule has 1 aliphatic heterocycles. The Morgan fingerprint density at radius 1 is 1.21 bits per heavy atom. The van der Waals surface area contributed by atoms with Crippen LogP contribution in [-0.4, -0.2) is 27.6 Å². The smallest absolute Gasteiger partial charge is 0.331 e. The van der Waals surface area contributed by atoms with E-state index >= 15 is 0 Å². The Morgan fingerprint density at radius 2 is 1.97 bits per heavy atom. The topological polar surface area (TPSA) is 55.1 Å². The third-order valence-corrected chi connectivity index (χ3v) is 6.08. The number of alkyl halides is 3. The minimum atomic E-state index is -4.40. The minimum absolute atomic E-state index is 0. The molecule has 33 heavy (non-hydrogen) atoms. The maximum Gasteiger partial charge on any atom is 0.416 e. The van der Waals surface area contributed by atoms with Crippen LogP contribution in [0, 0.1) is 13.8 Å². The first-order valence-electron chi connectivity index (χ1n) is 10.6. The van der Waals surface area contributed by atoms with Crippen molar-refractivity contribution >= 4 is 28.9 Å². The van der Waals surface area contributed by atoms with Gasteiger partial charge < -0.3 is 9.88 Å². The summed E-state index contributed by atoms with van der Waals surface area (Å²) in [5, 5.41) is 4.13. The number of nitrogens with zero attached hydrogens (tertiary/aromatic N) is 4. The Labute approximate surface area is 196 Å². The molecule has 5 nitrogen and oxygen atoms in total. The highest BCUT2D eigenvalue weighted by molar-refractivity contribution is 5.85. The van der Waals surface area contributed by atoms with Crippen molar-refractivity contribution in [3.05, 3.63) is 70.2 Å². The van der Waals surface area contributed by atoms with Gasteiger partial charge >= 0.3 is 6.18 Å². The molecule has 0 amide bonds. The van der Waals surface area contributed by atoms with E-state index in [0.717, 1.165) is 48.0 Å². The van der Waals surface area contributed by atoms with Crippen molar-refractivity contribution in [1.82, 2.24) is 19.9 Å². The quantitative estimate of drug-likeness (QED) is 0.573. The van der Waals surface area contributed by atoms with E-state index in [1.54, 1.807) is 13.0 Å². The number of aryl methyl sites for hydroxylation is 2. The molecule has 1 N–H and O–H groups in total. The first-order valence-corrected chi connectivity index (χ1v) is 10.6. The minimum Gasteiger partial charge on any atom is -0.331 e. The van der Waals surface area contributed by atoms with E-state index in [2.05, 4.69) is 21.4 Å². The maximum absolute atomic E-state index is 13.4. The molecule has 0 bridgehead atoms. The van der Waals surface area contributed by atoms with Crippen LogP contribution in [0.25, 0.3) is 16.5 Å². The Bertz CT molecular complexity index is 1280. The normalized spacial score (nSPS) is 15.8. The number of aromatic nitrogens is 3. The van der Waals surface area contributed by atoms with Gasteiger partial charge in [0.1, 0.15) is 5.82 Å². The second kappa shape index (κ2) is 9.65. The summed E-state index contributed by atoms with van der Waals surface area (Å²) in [5.74, 6) is 0.750. The second-order valence-electron chi connectivity index (χ2n) is 8.13. The molecule has 1 atom stereocenters. The van der Waals surface area contributed by atoms with Crippen LogP contribution in [0.15, 0.2) is 41.5 Å². The van der Waals surface area contributed by atoms with Crippen molar-refractivity contribution in [1.29, 1.82) is 0 Å². The number of hydrogen-bond donors (Lipinski definition) is 1. The fourth-order valence-electron chi connectivity index (χ4n) is 4.15. The number of halogens is 4. The summed E-state index contributed by atoms with van der Waals surface area (Å²) < 4.78 is 42.1. The summed E-state index contributed by atoms with van der Waals surface area (Å²) in [6.07, 6.45) is 0.438. The van der Waals surface area contributed by atoms with Crippen LogP contribution < -0.4 is 10.8 Å². The molecule has 0 saturated heterocycles. The molecule has 3 heterocycles. The van der Waals surface area contributed by atoms with E-state index in [4.69, 9.17) is 4.99 Å². The van der Waals surface area contributed by atoms with Gasteiger partial charge in [-0.05, 0) is 62.6 Å². The van der Waals surface area contributed by atoms with Crippen LogP contribution in [0.2, 0.25) is 0 Å². The average Bonchev–Trinajstić information content (AvgIpc) is 2.77. The van der Waals surface area contributed by atoms with Gasteiger partial charge in [-0.15, -0.1) is 12.4 Å². The molecule has 0 radical (unpaired) electrons. The fraction of sp³-hybridized carbons (Fsp3) is 0.375. The van der Waals surface area contributed by atoms with Crippen LogP contribution in [0.1, 0.15) is 47.6 Å². The summed E-state index contributed by atoms with van der Waals surface area (Å²) in [7, 11) is 1.92. The lowest BCUT2D eigenvalue weighted by Crippen LogP contribution is -2.21. The van der Waals surface area contributed by atoms with Crippen molar-refractivity contribution in [2.45, 2.75) is 39.4 Å². The molecule has 1 aromatic carbocycles. The first kappa shape index (κ1) is 24.9. The van der Waals surface area contributed by atoms with Crippen molar-refractivity contribution in [2.24, 2.45) is 12.0 Å². The van der Waals surface area contributed by atoms with Gasteiger partial charge in [-0.1, -0.05) is 18.2 Å². The van der Waals surface area contributed by atoms with Gasteiger partial charge in [0, 0.05) is 19.0 Å². The van der Waals surface area contributed by atoms with Crippen molar-refractivity contribution in [3.8, 4) is 0 Å². The van der Waals surface area contributed by atoms with E-state index in [0.29, 0.717) is 11.1 Å². The number of rotatable bonds is 3. The summed E-state index contributed by atoms with van der Waals surface area (Å²) in [4.78, 5) is 14.1. The van der Waals surface area contributed by atoms with E-state index in [9.17, 15) is 13.2 Å². The molecule has 0 unspecified atom stereocenters. The van der Waals surface area contributed by atoms with Crippen LogP contribution in [0.4, 0.5) is 13.2 Å². The lowest BCUT2D eigenvalue weighted by atomic mass is 9.97. The monoisotopic (exact) mass is 477 g/mol. The molecular formula is C24H27ClF3N5. The SMILES string of the molecule is Cc1c([C@@H](C)/N=c2\nc(C)n(C)c3cnc(C4=CCNCC4)cc23)cccc1C(F)(F)F.Cl. The summed E-state index contributed by atoms with van der Waals surface area (Å²) in [6.45, 7) is 6.88. The van der Waals surface area contributed by atoms with E-state index < -0.39 is 17.8 Å². The molecule has 176 valence electrons. The van der Waals surface area contributed by atoms with Gasteiger partial charge in [0.05, 0.1) is 29.0 Å². The highest BCUT2D eigenvalue weighted by Crippen LogP contribution is 2.35. The van der Waals surface area contributed by atoms with Gasteiger partial charge in [-0.2, -0.15) is 13.2 Å². The third-order valence-electron chi connectivity index (χ3n) is 6.08. The summed E-state index contributed by atoms with van der Waals surface area (Å²) >= 11 is 0.